The van der Waals surface area contributed by atoms with Crippen molar-refractivity contribution >= 4 is 0 Å². The summed E-state index contributed by atoms with van der Waals surface area (Å²) in [4.78, 5) is 4.04. The van der Waals surface area contributed by atoms with E-state index in [0.29, 0.717) is 11.8 Å². The van der Waals surface area contributed by atoms with Crippen molar-refractivity contribution in [3.63, 3.8) is 0 Å². The monoisotopic (exact) mass is 514 g/mol. The van der Waals surface area contributed by atoms with Gasteiger partial charge in [0.15, 0.2) is 0 Å². The number of nitrogens with two attached hydrogens (primary N) is 1. The quantitative estimate of drug-likeness (QED) is 0.443. The summed E-state index contributed by atoms with van der Waals surface area (Å²) < 4.78 is 7.93. The summed E-state index contributed by atoms with van der Waals surface area (Å²) in [7, 11) is 0. The Balaban J connectivity index is 1.25. The van der Waals surface area contributed by atoms with Crippen molar-refractivity contribution in [2.75, 3.05) is 13.2 Å². The number of fused-ring (bicyclic) bond motifs is 2. The van der Waals surface area contributed by atoms with Crippen LogP contribution < -0.4 is 10.5 Å². The van der Waals surface area contributed by atoms with Crippen LogP contribution in [0.3, 0.4) is 0 Å². The molecule has 2 fully saturated rings. The first kappa shape index (κ1) is 25.6. The molecule has 202 valence electrons. The molecule has 2 heterocycles. The van der Waals surface area contributed by atoms with Gasteiger partial charge >= 0.3 is 0 Å². The van der Waals surface area contributed by atoms with Crippen LogP contribution in [-0.4, -0.2) is 33.0 Å². The zero-order valence-electron chi connectivity index (χ0n) is 23.0. The van der Waals surface area contributed by atoms with Gasteiger partial charge in [0, 0.05) is 25.2 Å². The molecule has 3 aliphatic carbocycles. The highest BCUT2D eigenvalue weighted by Gasteiger charge is 2.55. The lowest BCUT2D eigenvalue weighted by Gasteiger charge is -2.55. The van der Waals surface area contributed by atoms with Gasteiger partial charge in [0.1, 0.15) is 11.5 Å². The molecule has 0 radical (unpaired) electrons. The zero-order valence-corrected chi connectivity index (χ0v) is 23.0. The van der Waals surface area contributed by atoms with Crippen LogP contribution in [0.15, 0.2) is 55.0 Å². The smallest absolute Gasteiger partial charge is 0.130 e. The first-order chi connectivity index (χ1) is 18.4. The normalized spacial score (nSPS) is 34.5. The molecule has 3 aliphatic rings. The molecule has 6 nitrogen and oxygen atoms in total. The molecule has 38 heavy (non-hydrogen) atoms. The van der Waals surface area contributed by atoms with Crippen LogP contribution in [0.5, 0.6) is 11.5 Å². The number of pyridine rings is 1. The second-order valence-electron chi connectivity index (χ2n) is 12.6. The molecule has 6 rings (SSSR count). The Morgan fingerprint density at radius 2 is 1.79 bits per heavy atom. The predicted molar refractivity (Wildman–Crippen MR) is 149 cm³/mol. The third kappa shape index (κ3) is 4.36. The lowest BCUT2D eigenvalue weighted by atomic mass is 9.50. The maximum atomic E-state index is 10.6. The van der Waals surface area contributed by atoms with Crippen LogP contribution >= 0.6 is 0 Å². The maximum Gasteiger partial charge on any atom is 0.130 e. The molecule has 8 atom stereocenters. The van der Waals surface area contributed by atoms with Crippen molar-refractivity contribution in [1.29, 1.82) is 0 Å². The Labute approximate surface area is 226 Å². The van der Waals surface area contributed by atoms with Crippen LogP contribution in [-0.2, 0) is 12.8 Å². The fourth-order valence-corrected chi connectivity index (χ4v) is 8.71. The standard InChI is InChI=1S/C32H42N4O2/c1-20-4-9-27-28(17-33)29(14-21(2)31(20)27)32(3)16-22-18-36(35-30(22)15-23(32)19-37)24-5-7-25(8-6-24)38-26-10-12-34-13-11-26/h5-8,10-13,18,20-21,23,27-29,31,37H,4,9,14-17,19,33H2,1-3H3/t20-,21+,23+,27+,28-,29-,31+,32-/m0/s1. The van der Waals surface area contributed by atoms with E-state index in [1.54, 1.807) is 12.4 Å². The van der Waals surface area contributed by atoms with Gasteiger partial charge in [-0.3, -0.25) is 4.98 Å². The molecule has 6 heteroatoms. The van der Waals surface area contributed by atoms with Crippen LogP contribution in [0.2, 0.25) is 0 Å². The third-order valence-electron chi connectivity index (χ3n) is 10.6. The number of rotatable bonds is 6. The molecule has 1 aromatic carbocycles. The number of aliphatic hydroxyl groups is 1. The first-order valence-corrected chi connectivity index (χ1v) is 14.5. The Hall–Kier alpha value is -2.70. The van der Waals surface area contributed by atoms with E-state index in [0.717, 1.165) is 65.9 Å². The topological polar surface area (TPSA) is 86.2 Å². The average molecular weight is 515 g/mol. The number of aliphatic hydroxyl groups excluding tert-OH is 1. The Morgan fingerprint density at radius 3 is 2.50 bits per heavy atom. The van der Waals surface area contributed by atoms with Gasteiger partial charge in [0.25, 0.3) is 0 Å². The summed E-state index contributed by atoms with van der Waals surface area (Å²) >= 11 is 0. The second kappa shape index (κ2) is 10.1. The van der Waals surface area contributed by atoms with E-state index >= 15 is 0 Å². The largest absolute Gasteiger partial charge is 0.457 e. The molecular formula is C32H42N4O2. The zero-order chi connectivity index (χ0) is 26.4. The van der Waals surface area contributed by atoms with E-state index in [2.05, 4.69) is 32.0 Å². The lowest BCUT2D eigenvalue weighted by molar-refractivity contribution is -0.0605. The molecular weight excluding hydrogens is 472 g/mol. The van der Waals surface area contributed by atoms with Crippen molar-refractivity contribution in [2.24, 2.45) is 52.6 Å². The molecule has 2 aromatic heterocycles. The fraction of sp³-hybridized carbons (Fsp3) is 0.562. The van der Waals surface area contributed by atoms with E-state index < -0.39 is 0 Å². The van der Waals surface area contributed by atoms with E-state index in [4.69, 9.17) is 15.6 Å². The van der Waals surface area contributed by atoms with Gasteiger partial charge in [-0.1, -0.05) is 27.2 Å². The summed E-state index contributed by atoms with van der Waals surface area (Å²) in [6.07, 6.45) is 11.3. The molecule has 0 bridgehead atoms. The van der Waals surface area contributed by atoms with Gasteiger partial charge in [0.2, 0.25) is 0 Å². The summed E-state index contributed by atoms with van der Waals surface area (Å²) in [6.45, 7) is 8.34. The molecule has 0 amide bonds. The Morgan fingerprint density at radius 1 is 1.05 bits per heavy atom. The summed E-state index contributed by atoms with van der Waals surface area (Å²) in [5.41, 5.74) is 10.0. The lowest BCUT2D eigenvalue weighted by Crippen LogP contribution is -2.53. The number of aromatic nitrogens is 3. The van der Waals surface area contributed by atoms with Gasteiger partial charge in [-0.2, -0.15) is 5.10 Å². The second-order valence-corrected chi connectivity index (χ2v) is 12.6. The minimum Gasteiger partial charge on any atom is -0.457 e. The van der Waals surface area contributed by atoms with Gasteiger partial charge in [-0.25, -0.2) is 4.68 Å². The van der Waals surface area contributed by atoms with E-state index in [9.17, 15) is 5.11 Å². The molecule has 3 aromatic rings. The number of benzene rings is 1. The molecule has 0 saturated heterocycles. The highest BCUT2D eigenvalue weighted by Crippen LogP contribution is 2.59. The van der Waals surface area contributed by atoms with Crippen molar-refractivity contribution in [2.45, 2.75) is 52.9 Å². The SMILES string of the molecule is C[C@@H]1C[C@H]([C@@]2(C)Cc3cn(-c4ccc(Oc5ccncc5)cc4)nc3C[C@@H]2CO)[C@@H](CN)[C@H]2CC[C@H](C)[C@@H]21. The van der Waals surface area contributed by atoms with Crippen LogP contribution in [0, 0.1) is 46.8 Å². The van der Waals surface area contributed by atoms with Crippen LogP contribution in [0.4, 0.5) is 0 Å². The molecule has 0 unspecified atom stereocenters. The van der Waals surface area contributed by atoms with Crippen molar-refractivity contribution in [3.8, 4) is 17.2 Å². The highest BCUT2D eigenvalue weighted by molar-refractivity contribution is 5.40. The number of hydrogen-bond donors (Lipinski definition) is 2. The Bertz CT molecular complexity index is 1240. The van der Waals surface area contributed by atoms with E-state index in [1.807, 2.05) is 41.1 Å². The molecule has 0 spiro atoms. The first-order valence-electron chi connectivity index (χ1n) is 14.5. The summed E-state index contributed by atoms with van der Waals surface area (Å²) in [6, 6.07) is 11.7. The predicted octanol–water partition coefficient (Wildman–Crippen LogP) is 5.67. The minimum atomic E-state index is 0.0208. The van der Waals surface area contributed by atoms with Gasteiger partial charge in [-0.15, -0.1) is 0 Å². The third-order valence-corrected chi connectivity index (χ3v) is 10.6. The van der Waals surface area contributed by atoms with Gasteiger partial charge < -0.3 is 15.6 Å². The van der Waals surface area contributed by atoms with Crippen molar-refractivity contribution in [3.05, 3.63) is 66.2 Å². The highest BCUT2D eigenvalue weighted by atomic mass is 16.5. The van der Waals surface area contributed by atoms with Gasteiger partial charge in [-0.05, 0) is 121 Å². The molecule has 2 saturated carbocycles. The fourth-order valence-electron chi connectivity index (χ4n) is 8.71. The van der Waals surface area contributed by atoms with Crippen LogP contribution in [0.1, 0.15) is 51.3 Å². The molecule has 0 aliphatic heterocycles. The Kier molecular flexibility index (Phi) is 6.81. The van der Waals surface area contributed by atoms with E-state index in [-0.39, 0.29) is 17.9 Å². The number of nitrogens with zero attached hydrogens (tertiary/aromatic N) is 3. The number of ether oxygens (including phenoxy) is 1. The average Bonchev–Trinajstić information content (AvgIpc) is 3.52. The summed E-state index contributed by atoms with van der Waals surface area (Å²) in [5, 5.41) is 15.6. The maximum absolute atomic E-state index is 10.6. The van der Waals surface area contributed by atoms with Crippen molar-refractivity contribution < 1.29 is 9.84 Å². The molecule has 3 N–H and O–H groups in total. The summed E-state index contributed by atoms with van der Waals surface area (Å²) in [5.74, 6) is 5.91. The van der Waals surface area contributed by atoms with E-state index in [1.165, 1.54) is 24.8 Å². The van der Waals surface area contributed by atoms with Crippen LogP contribution in [0.25, 0.3) is 5.69 Å². The van der Waals surface area contributed by atoms with Crippen molar-refractivity contribution in [1.82, 2.24) is 14.8 Å². The van der Waals surface area contributed by atoms with Gasteiger partial charge in [0.05, 0.1) is 11.4 Å². The minimum absolute atomic E-state index is 0.0208. The number of hydrogen-bond acceptors (Lipinski definition) is 5.